The normalized spacial score (nSPS) is 59.0. The molecule has 2 heterocycles. The molecule has 0 aliphatic carbocycles. The molecular weight excluding hydrogens is 162 g/mol. The van der Waals surface area contributed by atoms with Crippen LogP contribution >= 0.6 is 0 Å². The Balaban J connectivity index is 2.25. The van der Waals surface area contributed by atoms with Crippen LogP contribution in [0.4, 0.5) is 0 Å². The Morgan fingerprint density at radius 1 is 1.17 bits per heavy atom. The van der Waals surface area contributed by atoms with Crippen molar-refractivity contribution in [3.05, 3.63) is 0 Å². The van der Waals surface area contributed by atoms with Gasteiger partial charge in [0.2, 0.25) is 0 Å². The molecule has 0 radical (unpaired) electrons. The van der Waals surface area contributed by atoms with E-state index in [1.807, 2.05) is 0 Å². The summed E-state index contributed by atoms with van der Waals surface area (Å²) < 4.78 is 0. The number of aliphatic hydroxyl groups is 4. The third kappa shape index (κ3) is 0.915. The van der Waals surface area contributed by atoms with Gasteiger partial charge in [0.15, 0.2) is 0 Å². The van der Waals surface area contributed by atoms with Crippen molar-refractivity contribution in [3.63, 3.8) is 0 Å². The molecule has 0 aromatic rings. The third-order valence-corrected chi connectivity index (χ3v) is 2.85. The van der Waals surface area contributed by atoms with Gasteiger partial charge >= 0.3 is 0 Å². The van der Waals surface area contributed by atoms with Crippen LogP contribution < -0.4 is 5.32 Å². The van der Waals surface area contributed by atoms with Gasteiger partial charge in [-0.1, -0.05) is 0 Å². The Morgan fingerprint density at radius 3 is 2.50 bits per heavy atom. The van der Waals surface area contributed by atoms with Crippen molar-refractivity contribution >= 4 is 0 Å². The first-order valence-electron chi connectivity index (χ1n) is 4.09. The topological polar surface area (TPSA) is 93.0 Å². The first-order valence-corrected chi connectivity index (χ1v) is 4.09. The molecule has 2 saturated heterocycles. The van der Waals surface area contributed by atoms with E-state index in [0.29, 0.717) is 12.8 Å². The van der Waals surface area contributed by atoms with Gasteiger partial charge in [0, 0.05) is 6.04 Å². The van der Waals surface area contributed by atoms with Crippen LogP contribution in [0.15, 0.2) is 0 Å². The summed E-state index contributed by atoms with van der Waals surface area (Å²) in [5, 5.41) is 40.4. The average molecular weight is 175 g/mol. The molecule has 5 heteroatoms. The van der Waals surface area contributed by atoms with Crippen LogP contribution in [-0.2, 0) is 0 Å². The summed E-state index contributed by atoms with van der Waals surface area (Å²) >= 11 is 0. The number of nitrogens with one attached hydrogen (secondary N) is 1. The lowest BCUT2D eigenvalue weighted by atomic mass is 9.94. The standard InChI is InChI=1S/C7H13NO4/c9-4-3-1-2-7(12,8-3)6(11)5(4)10/h3-6,8-12H,1-2H2/t3-,4-,5-,6-,7-/m1/s1. The summed E-state index contributed by atoms with van der Waals surface area (Å²) in [6.45, 7) is 0. The monoisotopic (exact) mass is 175 g/mol. The van der Waals surface area contributed by atoms with Crippen LogP contribution in [0.25, 0.3) is 0 Å². The Kier molecular flexibility index (Phi) is 1.68. The molecule has 0 amide bonds. The van der Waals surface area contributed by atoms with Crippen LogP contribution in [0.1, 0.15) is 12.8 Å². The van der Waals surface area contributed by atoms with Gasteiger partial charge in [-0.15, -0.1) is 0 Å². The summed E-state index contributed by atoms with van der Waals surface area (Å²) in [5.41, 5.74) is -1.40. The second kappa shape index (κ2) is 2.40. The van der Waals surface area contributed by atoms with Crippen LogP contribution in [0.3, 0.4) is 0 Å². The predicted molar refractivity (Wildman–Crippen MR) is 39.1 cm³/mol. The van der Waals surface area contributed by atoms with E-state index in [9.17, 15) is 20.4 Å². The summed E-state index contributed by atoms with van der Waals surface area (Å²) in [7, 11) is 0. The van der Waals surface area contributed by atoms with Crippen molar-refractivity contribution in [2.75, 3.05) is 0 Å². The van der Waals surface area contributed by atoms with Crippen LogP contribution in [0.2, 0.25) is 0 Å². The summed E-state index contributed by atoms with van der Waals surface area (Å²) in [6, 6.07) is -0.298. The van der Waals surface area contributed by atoms with Gasteiger partial charge in [0.05, 0.1) is 6.10 Å². The van der Waals surface area contributed by atoms with E-state index in [2.05, 4.69) is 5.32 Å². The van der Waals surface area contributed by atoms with Crippen molar-refractivity contribution in [2.45, 2.75) is 42.9 Å². The van der Waals surface area contributed by atoms with Crippen molar-refractivity contribution in [1.29, 1.82) is 0 Å². The molecule has 5 N–H and O–H groups in total. The molecule has 0 aromatic heterocycles. The fourth-order valence-electron chi connectivity index (χ4n) is 2.04. The predicted octanol–water partition coefficient (Wildman–Crippen LogP) is -2.48. The minimum Gasteiger partial charge on any atom is -0.389 e. The quantitative estimate of drug-likeness (QED) is 0.281. The van der Waals surface area contributed by atoms with E-state index in [0.717, 1.165) is 0 Å². The number of hydrogen-bond acceptors (Lipinski definition) is 5. The SMILES string of the molecule is O[C@@H]1[C@H](O)[C@H]2CC[C@](O)(N2)[C@@H]1O. The molecular formula is C7H13NO4. The van der Waals surface area contributed by atoms with Gasteiger partial charge in [-0.25, -0.2) is 0 Å². The average Bonchev–Trinajstić information content (AvgIpc) is 2.41. The van der Waals surface area contributed by atoms with Gasteiger partial charge in [-0.05, 0) is 12.8 Å². The van der Waals surface area contributed by atoms with E-state index in [1.54, 1.807) is 0 Å². The maximum Gasteiger partial charge on any atom is 0.145 e. The highest BCUT2D eigenvalue weighted by atomic mass is 16.4. The van der Waals surface area contributed by atoms with Gasteiger partial charge < -0.3 is 20.4 Å². The molecule has 5 nitrogen and oxygen atoms in total. The molecule has 2 bridgehead atoms. The Labute approximate surface area is 69.6 Å². The van der Waals surface area contributed by atoms with E-state index in [-0.39, 0.29) is 6.04 Å². The fraction of sp³-hybridized carbons (Fsp3) is 1.00. The number of piperidine rings is 1. The van der Waals surface area contributed by atoms with Crippen LogP contribution in [0, 0.1) is 0 Å². The molecule has 70 valence electrons. The van der Waals surface area contributed by atoms with Crippen molar-refractivity contribution < 1.29 is 20.4 Å². The highest BCUT2D eigenvalue weighted by molar-refractivity contribution is 5.07. The highest BCUT2D eigenvalue weighted by Gasteiger charge is 2.55. The van der Waals surface area contributed by atoms with E-state index in [1.165, 1.54) is 0 Å². The lowest BCUT2D eigenvalue weighted by Crippen LogP contribution is -2.67. The number of hydrogen-bond donors (Lipinski definition) is 5. The Morgan fingerprint density at radius 2 is 1.83 bits per heavy atom. The number of fused-ring (bicyclic) bond motifs is 2. The highest BCUT2D eigenvalue weighted by Crippen LogP contribution is 2.34. The smallest absolute Gasteiger partial charge is 0.145 e. The molecule has 2 fully saturated rings. The van der Waals surface area contributed by atoms with E-state index in [4.69, 9.17) is 0 Å². The van der Waals surface area contributed by atoms with Gasteiger partial charge in [-0.2, -0.15) is 0 Å². The maximum atomic E-state index is 9.65. The number of rotatable bonds is 0. The maximum absolute atomic E-state index is 9.65. The van der Waals surface area contributed by atoms with Crippen LogP contribution in [-0.4, -0.2) is 50.5 Å². The van der Waals surface area contributed by atoms with Gasteiger partial charge in [0.25, 0.3) is 0 Å². The Bertz CT molecular complexity index is 200. The summed E-state index contributed by atoms with van der Waals surface area (Å²) in [4.78, 5) is 0. The zero-order valence-electron chi connectivity index (χ0n) is 6.51. The minimum absolute atomic E-state index is 0.298. The number of aliphatic hydroxyl groups excluding tert-OH is 3. The third-order valence-electron chi connectivity index (χ3n) is 2.85. The molecule has 5 atom stereocenters. The van der Waals surface area contributed by atoms with E-state index < -0.39 is 24.0 Å². The van der Waals surface area contributed by atoms with E-state index >= 15 is 0 Å². The van der Waals surface area contributed by atoms with Crippen molar-refractivity contribution in [3.8, 4) is 0 Å². The fourth-order valence-corrected chi connectivity index (χ4v) is 2.04. The zero-order valence-corrected chi connectivity index (χ0v) is 6.51. The molecule has 0 aromatic carbocycles. The molecule has 0 spiro atoms. The van der Waals surface area contributed by atoms with Crippen molar-refractivity contribution in [2.24, 2.45) is 0 Å². The largest absolute Gasteiger partial charge is 0.389 e. The first-order chi connectivity index (χ1) is 5.54. The first kappa shape index (κ1) is 8.40. The summed E-state index contributed by atoms with van der Waals surface area (Å²) in [5.74, 6) is 0. The Hall–Kier alpha value is -0.200. The summed E-state index contributed by atoms with van der Waals surface area (Å²) in [6.07, 6.45) is -2.59. The zero-order chi connectivity index (χ0) is 8.93. The molecule has 0 saturated carbocycles. The minimum atomic E-state index is -1.40. The second-order valence-corrected chi connectivity index (χ2v) is 3.64. The molecule has 2 aliphatic rings. The molecule has 2 aliphatic heterocycles. The molecule has 0 unspecified atom stereocenters. The van der Waals surface area contributed by atoms with Gasteiger partial charge in [-0.3, -0.25) is 5.32 Å². The molecule has 2 rings (SSSR count). The van der Waals surface area contributed by atoms with Crippen molar-refractivity contribution in [1.82, 2.24) is 5.32 Å². The second-order valence-electron chi connectivity index (χ2n) is 3.64. The lowest BCUT2D eigenvalue weighted by Gasteiger charge is -2.40. The van der Waals surface area contributed by atoms with Crippen LogP contribution in [0.5, 0.6) is 0 Å². The van der Waals surface area contributed by atoms with Gasteiger partial charge in [0.1, 0.15) is 17.9 Å². The lowest BCUT2D eigenvalue weighted by molar-refractivity contribution is -0.186. The molecule has 12 heavy (non-hydrogen) atoms.